The van der Waals surface area contributed by atoms with Crippen molar-refractivity contribution in [3.05, 3.63) is 47.0 Å². The Kier molecular flexibility index (Phi) is 8.33. The molecular formula is C23H28ClN3O4S2. The summed E-state index contributed by atoms with van der Waals surface area (Å²) in [7, 11) is 1.84. The fourth-order valence-corrected chi connectivity index (χ4v) is 5.78. The third kappa shape index (κ3) is 6.23. The zero-order valence-electron chi connectivity index (χ0n) is 19.2. The van der Waals surface area contributed by atoms with Crippen molar-refractivity contribution in [1.29, 1.82) is 0 Å². The van der Waals surface area contributed by atoms with Gasteiger partial charge in [-0.2, -0.15) is 0 Å². The highest BCUT2D eigenvalue weighted by molar-refractivity contribution is 7.91. The second-order valence-electron chi connectivity index (χ2n) is 7.96. The number of thiazole rings is 1. The molecule has 1 aromatic heterocycles. The minimum Gasteiger partial charge on any atom is -0.497 e. The van der Waals surface area contributed by atoms with E-state index in [1.165, 1.54) is 30.6 Å². The maximum atomic E-state index is 13.2. The summed E-state index contributed by atoms with van der Waals surface area (Å²) >= 11 is 7.65. The van der Waals surface area contributed by atoms with Crippen molar-refractivity contribution >= 4 is 54.0 Å². The molecule has 2 aromatic carbocycles. The second-order valence-corrected chi connectivity index (χ2v) is 11.5. The van der Waals surface area contributed by atoms with Crippen LogP contribution in [0.15, 0.2) is 41.3 Å². The number of carbonyl (C=O) groups excluding carboxylic acids is 1. The quantitative estimate of drug-likeness (QED) is 0.402. The monoisotopic (exact) mass is 509 g/mol. The van der Waals surface area contributed by atoms with Gasteiger partial charge in [-0.25, -0.2) is 13.4 Å². The minimum absolute atomic E-state index is 0.133. The highest BCUT2D eigenvalue weighted by Crippen LogP contribution is 2.34. The van der Waals surface area contributed by atoms with Crippen LogP contribution in [0.1, 0.15) is 18.4 Å². The number of hydrogen-bond donors (Lipinski definition) is 0. The topological polar surface area (TPSA) is 79.8 Å². The summed E-state index contributed by atoms with van der Waals surface area (Å²) in [6.45, 7) is 3.14. The highest BCUT2D eigenvalue weighted by Gasteiger charge is 2.23. The standard InChI is InChI=1S/C23H28ClN3O4S2/c1-16-19(24)10-11-20-22(16)25-23(32-20)27(14-5-13-26(2)3)21(28)12-15-33(29,30)18-8-6-17(31-4)7-9-18/h6-11H,5,12-15H2,1-4H3. The molecule has 0 fully saturated rings. The molecule has 0 saturated heterocycles. The minimum atomic E-state index is -3.61. The van der Waals surface area contributed by atoms with E-state index in [9.17, 15) is 13.2 Å². The van der Waals surface area contributed by atoms with Gasteiger partial charge in [0.1, 0.15) is 5.75 Å². The van der Waals surface area contributed by atoms with Gasteiger partial charge in [-0.3, -0.25) is 9.69 Å². The molecule has 1 heterocycles. The van der Waals surface area contributed by atoms with Crippen molar-refractivity contribution in [2.45, 2.75) is 24.7 Å². The lowest BCUT2D eigenvalue weighted by atomic mass is 10.2. The number of rotatable bonds is 10. The number of anilines is 1. The SMILES string of the molecule is COc1ccc(S(=O)(=O)CCC(=O)N(CCCN(C)C)c2nc3c(C)c(Cl)ccc3s2)cc1. The van der Waals surface area contributed by atoms with Gasteiger partial charge in [0.15, 0.2) is 15.0 Å². The number of amides is 1. The lowest BCUT2D eigenvalue weighted by Crippen LogP contribution is -2.34. The fourth-order valence-electron chi connectivity index (χ4n) is 3.33. The third-order valence-corrected chi connectivity index (χ3v) is 8.44. The van der Waals surface area contributed by atoms with Crippen LogP contribution in [0.4, 0.5) is 5.13 Å². The van der Waals surface area contributed by atoms with Crippen molar-refractivity contribution in [3.63, 3.8) is 0 Å². The number of aryl methyl sites for hydroxylation is 1. The Morgan fingerprint density at radius 3 is 2.45 bits per heavy atom. The van der Waals surface area contributed by atoms with Crippen LogP contribution in [-0.2, 0) is 14.6 Å². The summed E-state index contributed by atoms with van der Waals surface area (Å²) in [5, 5.41) is 1.18. The number of halogens is 1. The predicted molar refractivity (Wildman–Crippen MR) is 135 cm³/mol. The van der Waals surface area contributed by atoms with Gasteiger partial charge in [-0.15, -0.1) is 0 Å². The van der Waals surface area contributed by atoms with Crippen molar-refractivity contribution in [1.82, 2.24) is 9.88 Å². The normalized spacial score (nSPS) is 11.8. The van der Waals surface area contributed by atoms with Gasteiger partial charge in [-0.1, -0.05) is 22.9 Å². The summed E-state index contributed by atoms with van der Waals surface area (Å²) in [4.78, 5) is 21.7. The first-order valence-electron chi connectivity index (χ1n) is 10.5. The molecule has 0 atom stereocenters. The van der Waals surface area contributed by atoms with Crippen LogP contribution in [0.25, 0.3) is 10.2 Å². The summed E-state index contributed by atoms with van der Waals surface area (Å²) in [5.41, 5.74) is 1.62. The fraction of sp³-hybridized carbons (Fsp3) is 0.391. The second kappa shape index (κ2) is 10.8. The Hall–Kier alpha value is -2.20. The molecule has 0 aliphatic heterocycles. The summed E-state index contributed by atoms with van der Waals surface area (Å²) in [6.07, 6.45) is 0.603. The molecule has 0 radical (unpaired) electrons. The summed E-state index contributed by atoms with van der Waals surface area (Å²) in [6, 6.07) is 9.89. The van der Waals surface area contributed by atoms with E-state index >= 15 is 0 Å². The lowest BCUT2D eigenvalue weighted by Gasteiger charge is -2.21. The van der Waals surface area contributed by atoms with E-state index in [1.807, 2.05) is 38.1 Å². The van der Waals surface area contributed by atoms with Gasteiger partial charge in [0.2, 0.25) is 5.91 Å². The molecule has 7 nitrogen and oxygen atoms in total. The molecule has 33 heavy (non-hydrogen) atoms. The molecule has 178 valence electrons. The maximum absolute atomic E-state index is 13.2. The molecule has 0 aliphatic carbocycles. The maximum Gasteiger partial charge on any atom is 0.229 e. The van der Waals surface area contributed by atoms with Crippen molar-refractivity contribution in [3.8, 4) is 5.75 Å². The van der Waals surface area contributed by atoms with E-state index in [1.54, 1.807) is 17.0 Å². The van der Waals surface area contributed by atoms with Crippen molar-refractivity contribution < 1.29 is 17.9 Å². The van der Waals surface area contributed by atoms with E-state index < -0.39 is 9.84 Å². The number of aromatic nitrogens is 1. The van der Waals surface area contributed by atoms with E-state index in [0.717, 1.165) is 28.7 Å². The van der Waals surface area contributed by atoms with Gasteiger partial charge in [0.05, 0.1) is 28.0 Å². The first-order chi connectivity index (χ1) is 15.6. The summed E-state index contributed by atoms with van der Waals surface area (Å²) < 4.78 is 31.6. The zero-order valence-corrected chi connectivity index (χ0v) is 21.6. The molecule has 0 spiro atoms. The molecule has 0 saturated carbocycles. The van der Waals surface area contributed by atoms with E-state index in [-0.39, 0.29) is 23.0 Å². The van der Waals surface area contributed by atoms with Crippen LogP contribution in [0, 0.1) is 6.92 Å². The highest BCUT2D eigenvalue weighted by atomic mass is 35.5. The van der Waals surface area contributed by atoms with Crippen LogP contribution in [0.5, 0.6) is 5.75 Å². The average Bonchev–Trinajstić information content (AvgIpc) is 3.22. The van der Waals surface area contributed by atoms with Crippen LogP contribution >= 0.6 is 22.9 Å². The molecule has 0 aliphatic rings. The number of carbonyl (C=O) groups is 1. The molecule has 3 rings (SSSR count). The number of methoxy groups -OCH3 is 1. The van der Waals surface area contributed by atoms with E-state index in [4.69, 9.17) is 16.3 Å². The van der Waals surface area contributed by atoms with Crippen molar-refractivity contribution in [2.24, 2.45) is 0 Å². The first kappa shape index (κ1) is 25.4. The Morgan fingerprint density at radius 2 is 1.82 bits per heavy atom. The average molecular weight is 510 g/mol. The molecule has 0 bridgehead atoms. The van der Waals surface area contributed by atoms with Crippen LogP contribution in [0.3, 0.4) is 0 Å². The largest absolute Gasteiger partial charge is 0.497 e. The number of hydrogen-bond acceptors (Lipinski definition) is 7. The number of sulfone groups is 1. The van der Waals surface area contributed by atoms with Crippen LogP contribution < -0.4 is 9.64 Å². The van der Waals surface area contributed by atoms with E-state index in [0.29, 0.717) is 22.4 Å². The van der Waals surface area contributed by atoms with Crippen LogP contribution in [-0.4, -0.2) is 64.3 Å². The number of nitrogens with zero attached hydrogens (tertiary/aromatic N) is 3. The number of fused-ring (bicyclic) bond motifs is 1. The number of ether oxygens (including phenoxy) is 1. The molecule has 10 heteroatoms. The number of benzene rings is 2. The van der Waals surface area contributed by atoms with E-state index in [2.05, 4.69) is 4.98 Å². The summed E-state index contributed by atoms with van der Waals surface area (Å²) in [5.74, 6) is 0.0231. The molecule has 1 amide bonds. The van der Waals surface area contributed by atoms with Gasteiger partial charge in [0, 0.05) is 18.0 Å². The van der Waals surface area contributed by atoms with Gasteiger partial charge >= 0.3 is 0 Å². The Labute approximate surface area is 203 Å². The Bertz CT molecular complexity index is 1220. The first-order valence-corrected chi connectivity index (χ1v) is 13.3. The van der Waals surface area contributed by atoms with Gasteiger partial charge in [0.25, 0.3) is 0 Å². The van der Waals surface area contributed by atoms with Gasteiger partial charge < -0.3 is 9.64 Å². The molecule has 0 unspecified atom stereocenters. The smallest absolute Gasteiger partial charge is 0.229 e. The third-order valence-electron chi connectivity index (χ3n) is 5.26. The Morgan fingerprint density at radius 1 is 1.12 bits per heavy atom. The molecule has 0 N–H and O–H groups in total. The van der Waals surface area contributed by atoms with Gasteiger partial charge in [-0.05, 0) is 75.9 Å². The van der Waals surface area contributed by atoms with Crippen molar-refractivity contribution in [2.75, 3.05) is 44.9 Å². The predicted octanol–water partition coefficient (Wildman–Crippen LogP) is 4.42. The van der Waals surface area contributed by atoms with Crippen LogP contribution in [0.2, 0.25) is 5.02 Å². The Balaban J connectivity index is 1.81. The zero-order chi connectivity index (χ0) is 24.2. The molecule has 3 aromatic rings. The lowest BCUT2D eigenvalue weighted by molar-refractivity contribution is -0.118. The molecular weight excluding hydrogens is 482 g/mol.